The number of amides is 1. The molecular weight excluding hydrogens is 174 g/mol. The van der Waals surface area contributed by atoms with E-state index in [0.717, 1.165) is 19.5 Å². The summed E-state index contributed by atoms with van der Waals surface area (Å²) in [5.41, 5.74) is 0.661. The minimum atomic E-state index is 0.135. The molecule has 0 radical (unpaired) electrons. The minimum absolute atomic E-state index is 0.135. The van der Waals surface area contributed by atoms with Crippen molar-refractivity contribution in [3.63, 3.8) is 0 Å². The van der Waals surface area contributed by atoms with Gasteiger partial charge in [0.1, 0.15) is 0 Å². The second-order valence-corrected chi connectivity index (χ2v) is 4.68. The lowest BCUT2D eigenvalue weighted by atomic mass is 9.88. The molecule has 1 unspecified atom stereocenters. The normalized spacial score (nSPS) is 22.6. The van der Waals surface area contributed by atoms with Crippen molar-refractivity contribution in [2.24, 2.45) is 11.8 Å². The van der Waals surface area contributed by atoms with Crippen molar-refractivity contribution in [1.82, 2.24) is 4.90 Å². The SMILES string of the molecule is C=C(C)C(=O)N1CCCC(C(C)C)C1. The Labute approximate surface area is 87.0 Å². The third kappa shape index (κ3) is 2.60. The maximum absolute atomic E-state index is 11.7. The number of rotatable bonds is 2. The van der Waals surface area contributed by atoms with Gasteiger partial charge in [-0.25, -0.2) is 0 Å². The smallest absolute Gasteiger partial charge is 0.248 e. The van der Waals surface area contributed by atoms with Gasteiger partial charge in [0.05, 0.1) is 0 Å². The van der Waals surface area contributed by atoms with Crippen molar-refractivity contribution in [2.45, 2.75) is 33.6 Å². The maximum Gasteiger partial charge on any atom is 0.248 e. The average molecular weight is 195 g/mol. The Morgan fingerprint density at radius 2 is 2.14 bits per heavy atom. The molecule has 0 aromatic carbocycles. The largest absolute Gasteiger partial charge is 0.339 e. The molecule has 0 aliphatic carbocycles. The molecule has 0 saturated carbocycles. The van der Waals surface area contributed by atoms with Crippen LogP contribution in [-0.4, -0.2) is 23.9 Å². The Balaban J connectivity index is 2.56. The van der Waals surface area contributed by atoms with E-state index < -0.39 is 0 Å². The van der Waals surface area contributed by atoms with Crippen molar-refractivity contribution in [2.75, 3.05) is 13.1 Å². The molecule has 0 bridgehead atoms. The number of carbonyl (C=O) groups excluding carboxylic acids is 1. The molecule has 0 aromatic rings. The molecule has 1 amide bonds. The highest BCUT2D eigenvalue weighted by molar-refractivity contribution is 5.92. The van der Waals surface area contributed by atoms with E-state index in [1.165, 1.54) is 6.42 Å². The molecule has 0 spiro atoms. The van der Waals surface area contributed by atoms with E-state index >= 15 is 0 Å². The lowest BCUT2D eigenvalue weighted by Crippen LogP contribution is -2.41. The first-order chi connectivity index (χ1) is 6.52. The average Bonchev–Trinajstić information content (AvgIpc) is 2.16. The van der Waals surface area contributed by atoms with E-state index in [1.807, 2.05) is 4.90 Å². The molecule has 80 valence electrons. The van der Waals surface area contributed by atoms with Gasteiger partial charge in [-0.1, -0.05) is 20.4 Å². The third-order valence-electron chi connectivity index (χ3n) is 3.05. The van der Waals surface area contributed by atoms with Crippen molar-refractivity contribution < 1.29 is 4.79 Å². The summed E-state index contributed by atoms with van der Waals surface area (Å²) < 4.78 is 0. The summed E-state index contributed by atoms with van der Waals surface area (Å²) >= 11 is 0. The maximum atomic E-state index is 11.7. The number of hydrogen-bond donors (Lipinski definition) is 0. The summed E-state index contributed by atoms with van der Waals surface area (Å²) in [5, 5.41) is 0. The van der Waals surface area contributed by atoms with E-state index in [0.29, 0.717) is 17.4 Å². The van der Waals surface area contributed by atoms with Crippen LogP contribution in [0.4, 0.5) is 0 Å². The molecule has 2 heteroatoms. The lowest BCUT2D eigenvalue weighted by Gasteiger charge is -2.34. The molecule has 1 saturated heterocycles. The Kier molecular flexibility index (Phi) is 3.73. The summed E-state index contributed by atoms with van der Waals surface area (Å²) in [4.78, 5) is 13.6. The van der Waals surface area contributed by atoms with Crippen molar-refractivity contribution >= 4 is 5.91 Å². The first-order valence-corrected chi connectivity index (χ1v) is 5.47. The van der Waals surface area contributed by atoms with Crippen LogP contribution in [0, 0.1) is 11.8 Å². The van der Waals surface area contributed by atoms with Gasteiger partial charge in [0.2, 0.25) is 5.91 Å². The van der Waals surface area contributed by atoms with E-state index in [9.17, 15) is 4.79 Å². The Morgan fingerprint density at radius 1 is 1.50 bits per heavy atom. The zero-order valence-electron chi connectivity index (χ0n) is 9.55. The van der Waals surface area contributed by atoms with Crippen molar-refractivity contribution in [3.8, 4) is 0 Å². The zero-order valence-corrected chi connectivity index (χ0v) is 9.55. The minimum Gasteiger partial charge on any atom is -0.339 e. The molecule has 14 heavy (non-hydrogen) atoms. The molecule has 1 heterocycles. The molecule has 0 aromatic heterocycles. The van der Waals surface area contributed by atoms with Gasteiger partial charge in [-0.05, 0) is 31.6 Å². The highest BCUT2D eigenvalue weighted by Crippen LogP contribution is 2.24. The fourth-order valence-electron chi connectivity index (χ4n) is 2.01. The van der Waals surface area contributed by atoms with E-state index in [4.69, 9.17) is 0 Å². The molecule has 2 nitrogen and oxygen atoms in total. The first kappa shape index (κ1) is 11.3. The van der Waals surface area contributed by atoms with Crippen LogP contribution < -0.4 is 0 Å². The summed E-state index contributed by atoms with van der Waals surface area (Å²) in [6.07, 6.45) is 2.40. The fraction of sp³-hybridized carbons (Fsp3) is 0.750. The van der Waals surface area contributed by atoms with Gasteiger partial charge in [0.25, 0.3) is 0 Å². The highest BCUT2D eigenvalue weighted by atomic mass is 16.2. The van der Waals surface area contributed by atoms with Crippen LogP contribution in [0.15, 0.2) is 12.2 Å². The molecule has 1 aliphatic heterocycles. The Hall–Kier alpha value is -0.790. The summed E-state index contributed by atoms with van der Waals surface area (Å²) in [7, 11) is 0. The predicted octanol–water partition coefficient (Wildman–Crippen LogP) is 2.46. The monoisotopic (exact) mass is 195 g/mol. The molecule has 0 N–H and O–H groups in total. The summed E-state index contributed by atoms with van der Waals surface area (Å²) in [6.45, 7) is 11.8. The van der Waals surface area contributed by atoms with Crippen LogP contribution in [0.5, 0.6) is 0 Å². The lowest BCUT2D eigenvalue weighted by molar-refractivity contribution is -0.129. The number of carbonyl (C=O) groups is 1. The Morgan fingerprint density at radius 3 is 2.64 bits per heavy atom. The molecule has 1 aliphatic rings. The van der Waals surface area contributed by atoms with Crippen LogP contribution in [-0.2, 0) is 4.79 Å². The van der Waals surface area contributed by atoms with Gasteiger partial charge in [-0.2, -0.15) is 0 Å². The van der Waals surface area contributed by atoms with E-state index in [-0.39, 0.29) is 5.91 Å². The quantitative estimate of drug-likeness (QED) is 0.620. The van der Waals surface area contributed by atoms with Gasteiger partial charge >= 0.3 is 0 Å². The van der Waals surface area contributed by atoms with Crippen LogP contribution >= 0.6 is 0 Å². The zero-order chi connectivity index (χ0) is 10.7. The Bertz CT molecular complexity index is 232. The molecule has 1 atom stereocenters. The second kappa shape index (κ2) is 4.63. The summed E-state index contributed by atoms with van der Waals surface area (Å²) in [5.74, 6) is 1.48. The van der Waals surface area contributed by atoms with Crippen molar-refractivity contribution in [3.05, 3.63) is 12.2 Å². The van der Waals surface area contributed by atoms with Gasteiger partial charge in [0.15, 0.2) is 0 Å². The van der Waals surface area contributed by atoms with Gasteiger partial charge in [-0.3, -0.25) is 4.79 Å². The van der Waals surface area contributed by atoms with E-state index in [2.05, 4.69) is 20.4 Å². The van der Waals surface area contributed by atoms with Crippen molar-refractivity contribution in [1.29, 1.82) is 0 Å². The third-order valence-corrected chi connectivity index (χ3v) is 3.05. The fourth-order valence-corrected chi connectivity index (χ4v) is 2.01. The van der Waals surface area contributed by atoms with Gasteiger partial charge in [0, 0.05) is 18.7 Å². The van der Waals surface area contributed by atoms with E-state index in [1.54, 1.807) is 6.92 Å². The second-order valence-electron chi connectivity index (χ2n) is 4.68. The van der Waals surface area contributed by atoms with Crippen LogP contribution in [0.25, 0.3) is 0 Å². The first-order valence-electron chi connectivity index (χ1n) is 5.47. The number of nitrogens with zero attached hydrogens (tertiary/aromatic N) is 1. The number of likely N-dealkylation sites (tertiary alicyclic amines) is 1. The standard InChI is InChI=1S/C12H21NO/c1-9(2)11-6-5-7-13(8-11)12(14)10(3)4/h9,11H,3,5-8H2,1-2,4H3. The number of piperidine rings is 1. The van der Waals surface area contributed by atoms with Crippen LogP contribution in [0.3, 0.4) is 0 Å². The van der Waals surface area contributed by atoms with Gasteiger partial charge in [-0.15, -0.1) is 0 Å². The van der Waals surface area contributed by atoms with Crippen LogP contribution in [0.1, 0.15) is 33.6 Å². The summed E-state index contributed by atoms with van der Waals surface area (Å²) in [6, 6.07) is 0. The number of hydrogen-bond acceptors (Lipinski definition) is 1. The van der Waals surface area contributed by atoms with Gasteiger partial charge < -0.3 is 4.90 Å². The molecule has 1 rings (SSSR count). The molecular formula is C12H21NO. The topological polar surface area (TPSA) is 20.3 Å². The van der Waals surface area contributed by atoms with Crippen LogP contribution in [0.2, 0.25) is 0 Å². The highest BCUT2D eigenvalue weighted by Gasteiger charge is 2.25. The molecule has 1 fully saturated rings. The predicted molar refractivity (Wildman–Crippen MR) is 59.0 cm³/mol.